The van der Waals surface area contributed by atoms with Gasteiger partial charge in [0.25, 0.3) is 0 Å². The molecule has 0 amide bonds. The molecule has 0 saturated carbocycles. The van der Waals surface area contributed by atoms with E-state index in [1.165, 1.54) is 360 Å². The van der Waals surface area contributed by atoms with Crippen molar-refractivity contribution in [2.75, 3.05) is 13.2 Å². The van der Waals surface area contributed by atoms with Crippen LogP contribution in [0.4, 0.5) is 0 Å². The lowest BCUT2D eigenvalue weighted by atomic mass is 9.56. The molecule has 0 bridgehead atoms. The summed E-state index contributed by atoms with van der Waals surface area (Å²) in [7, 11) is -5.22. The van der Waals surface area contributed by atoms with Gasteiger partial charge in [-0.15, -0.1) is 0 Å². The Hall–Kier alpha value is 0.500. The molecule has 532 valence electrons. The van der Waals surface area contributed by atoms with Gasteiger partial charge in [-0.1, -0.05) is 439 Å². The average molecular weight is 1290 g/mol. The Bertz CT molecular complexity index is 1130. The fraction of sp³-hybridized carbons (Fsp3) is 1.00. The number of hydrogen-bond acceptors (Lipinski definition) is 9. The Morgan fingerprint density at radius 3 is 0.409 bits per heavy atom. The first kappa shape index (κ1) is 90.6. The van der Waals surface area contributed by atoms with Gasteiger partial charge in [-0.25, -0.2) is 4.31 Å². The van der Waals surface area contributed by atoms with E-state index < -0.39 is 33.8 Å². The molecular weight excluding hydrogens is 1130 g/mol. The van der Waals surface area contributed by atoms with Crippen molar-refractivity contribution in [3.8, 4) is 0 Å². The number of rotatable bonds is 74. The zero-order valence-electron chi connectivity index (χ0n) is 59.9. The van der Waals surface area contributed by atoms with Crippen molar-refractivity contribution in [1.82, 2.24) is 0 Å². The minimum absolute atomic E-state index is 0.355. The van der Waals surface area contributed by atoms with Gasteiger partial charge in [-0.05, 0) is 25.7 Å². The van der Waals surface area contributed by atoms with Crippen LogP contribution in [-0.2, 0) is 4.31 Å². The third kappa shape index (κ3) is 57.9. The Labute approximate surface area is 552 Å². The van der Waals surface area contributed by atoms with Crippen LogP contribution >= 0.6 is 17.2 Å². The van der Waals surface area contributed by atoms with Crippen molar-refractivity contribution in [2.45, 2.75) is 476 Å². The molecule has 11 heteroatoms. The van der Waals surface area contributed by atoms with Gasteiger partial charge >= 0.3 is 17.2 Å². The van der Waals surface area contributed by atoms with Crippen molar-refractivity contribution >= 4 is 17.2 Å². The third-order valence-corrected chi connectivity index (χ3v) is 21.4. The molecule has 0 spiro atoms. The van der Waals surface area contributed by atoms with E-state index in [1.54, 1.807) is 0 Å². The fourth-order valence-corrected chi connectivity index (χ4v) is 14.7. The topological polar surface area (TPSA) is 171 Å². The second-order valence-electron chi connectivity index (χ2n) is 28.3. The summed E-state index contributed by atoms with van der Waals surface area (Å²) in [4.78, 5) is 31.3. The Morgan fingerprint density at radius 1 is 0.205 bits per heavy atom. The molecule has 0 saturated heterocycles. The number of hydrogen-bond donors (Lipinski definition) is 8. The minimum Gasteiger partial charge on any atom is -0.395 e. The zero-order valence-corrected chi connectivity index (χ0v) is 61.7. The standard InChI is InChI=1S/C77H156O4.H4O5P2/c1-5-9-13-17-21-25-29-33-37-41-45-49-53-57-61-65-69-76(80,70-66-62-58-54-50-46-42-38-34-30-26-22-18-14-10-6-2)75(73-78,74-79)77(81,71-67-63-59-55-51-47-43-39-35-31-27-23-19-15-11-7-3)72-68-64-60-56-52-48-44-40-36-32-28-24-20-16-12-8-4;1-6(2)5-7(3)4/h78-81H,5-74H2,1-4H3;1-4H. The average Bonchev–Trinajstić information content (AvgIpc) is 0.852. The first-order valence-corrected chi connectivity index (χ1v) is 42.0. The van der Waals surface area contributed by atoms with Crippen LogP contribution in [-0.4, -0.2) is 64.4 Å². The number of aliphatic hydroxyl groups excluding tert-OH is 2. The van der Waals surface area contributed by atoms with Crippen molar-refractivity contribution in [3.63, 3.8) is 0 Å². The van der Waals surface area contributed by atoms with E-state index in [1.807, 2.05) is 0 Å². The van der Waals surface area contributed by atoms with Crippen LogP contribution < -0.4 is 0 Å². The highest BCUT2D eigenvalue weighted by Crippen LogP contribution is 2.51. The van der Waals surface area contributed by atoms with Gasteiger partial charge < -0.3 is 40.0 Å². The highest BCUT2D eigenvalue weighted by atomic mass is 31.2. The minimum atomic E-state index is -2.61. The Balaban J connectivity index is 0. The summed E-state index contributed by atoms with van der Waals surface area (Å²) in [6.07, 6.45) is 86.2. The van der Waals surface area contributed by atoms with Crippen molar-refractivity contribution < 1.29 is 44.3 Å². The van der Waals surface area contributed by atoms with Gasteiger partial charge in [0.1, 0.15) is 0 Å². The molecule has 0 aliphatic heterocycles. The summed E-state index contributed by atoms with van der Waals surface area (Å²) in [6, 6.07) is 0. The van der Waals surface area contributed by atoms with Gasteiger partial charge in [-0.2, -0.15) is 0 Å². The largest absolute Gasteiger partial charge is 0.395 e. The summed E-state index contributed by atoms with van der Waals surface area (Å²) in [5.41, 5.74) is -3.95. The van der Waals surface area contributed by atoms with Crippen LogP contribution in [0.15, 0.2) is 0 Å². The predicted octanol–water partition coefficient (Wildman–Crippen LogP) is 25.5. The maximum atomic E-state index is 13.3. The summed E-state index contributed by atoms with van der Waals surface area (Å²) >= 11 is 0. The van der Waals surface area contributed by atoms with Gasteiger partial charge in [-0.3, -0.25) is 0 Å². The SMILES string of the molecule is CCCCCCCCCCCCCCCCCCC(O)(CCCCCCCCCCCCCCCCCC)C(CO)(CO)C(O)(CCCCCCCCCCCCCCCCCC)CCCCCCCCCCCCCCCCCC.OP(O)OP(O)O. The fourth-order valence-electron chi connectivity index (χ4n) is 14.2. The smallest absolute Gasteiger partial charge is 0.334 e. The first-order valence-electron chi connectivity index (χ1n) is 39.7. The van der Waals surface area contributed by atoms with Crippen LogP contribution in [0.1, 0.15) is 464 Å². The molecule has 88 heavy (non-hydrogen) atoms. The van der Waals surface area contributed by atoms with Gasteiger partial charge in [0.2, 0.25) is 0 Å². The zero-order chi connectivity index (χ0) is 64.9. The van der Waals surface area contributed by atoms with E-state index in [9.17, 15) is 20.4 Å². The van der Waals surface area contributed by atoms with Gasteiger partial charge in [0, 0.05) is 0 Å². The molecular formula is C77H160O9P2. The van der Waals surface area contributed by atoms with E-state index in [4.69, 9.17) is 19.6 Å². The van der Waals surface area contributed by atoms with E-state index >= 15 is 0 Å². The van der Waals surface area contributed by atoms with E-state index in [2.05, 4.69) is 32.0 Å². The molecule has 0 aromatic carbocycles. The van der Waals surface area contributed by atoms with E-state index in [0.717, 1.165) is 51.4 Å². The molecule has 9 nitrogen and oxygen atoms in total. The van der Waals surface area contributed by atoms with Gasteiger partial charge in [0.05, 0.1) is 29.8 Å². The van der Waals surface area contributed by atoms with Crippen LogP contribution in [0.2, 0.25) is 0 Å². The quantitative estimate of drug-likeness (QED) is 0.0218. The first-order chi connectivity index (χ1) is 43.0. The molecule has 8 N–H and O–H groups in total. The van der Waals surface area contributed by atoms with Crippen molar-refractivity contribution in [2.24, 2.45) is 5.41 Å². The molecule has 0 aromatic rings. The molecule has 0 unspecified atom stereocenters. The molecule has 0 radical (unpaired) electrons. The van der Waals surface area contributed by atoms with E-state index in [0.29, 0.717) is 25.7 Å². The highest BCUT2D eigenvalue weighted by Gasteiger charge is 2.60. The maximum Gasteiger partial charge on any atom is 0.334 e. The van der Waals surface area contributed by atoms with Crippen LogP contribution in [0.25, 0.3) is 0 Å². The Kier molecular flexibility index (Phi) is 73.9. The van der Waals surface area contributed by atoms with Crippen molar-refractivity contribution in [3.05, 3.63) is 0 Å². The molecule has 0 aliphatic rings. The normalized spacial score (nSPS) is 12.3. The highest BCUT2D eigenvalue weighted by molar-refractivity contribution is 7.53. The predicted molar refractivity (Wildman–Crippen MR) is 387 cm³/mol. The summed E-state index contributed by atoms with van der Waals surface area (Å²) in [5.74, 6) is 0. The molecule has 0 rings (SSSR count). The van der Waals surface area contributed by atoms with Crippen LogP contribution in [0, 0.1) is 5.41 Å². The second-order valence-corrected chi connectivity index (χ2v) is 29.9. The maximum absolute atomic E-state index is 13.3. The Morgan fingerprint density at radius 2 is 0.318 bits per heavy atom. The monoisotopic (exact) mass is 1290 g/mol. The van der Waals surface area contributed by atoms with Crippen molar-refractivity contribution in [1.29, 1.82) is 0 Å². The summed E-state index contributed by atoms with van der Waals surface area (Å²) in [6.45, 7) is 8.49. The number of aliphatic hydroxyl groups is 4. The molecule has 0 fully saturated rings. The molecule has 0 aromatic heterocycles. The third-order valence-electron chi connectivity index (χ3n) is 20.2. The lowest BCUT2D eigenvalue weighted by molar-refractivity contribution is -0.241. The molecule has 0 heterocycles. The second kappa shape index (κ2) is 71.8. The summed E-state index contributed by atoms with van der Waals surface area (Å²) in [5, 5.41) is 50.0. The number of unbranched alkanes of at least 4 members (excludes halogenated alkanes) is 60. The van der Waals surface area contributed by atoms with E-state index in [-0.39, 0.29) is 13.2 Å². The van der Waals surface area contributed by atoms with Crippen LogP contribution in [0.5, 0.6) is 0 Å². The summed E-state index contributed by atoms with van der Waals surface area (Å²) < 4.78 is 3.60. The lowest BCUT2D eigenvalue weighted by Gasteiger charge is -2.55. The lowest BCUT2D eigenvalue weighted by Crippen LogP contribution is -2.66. The molecule has 0 aliphatic carbocycles. The molecule has 0 atom stereocenters. The van der Waals surface area contributed by atoms with Crippen LogP contribution in [0.3, 0.4) is 0 Å². The van der Waals surface area contributed by atoms with Gasteiger partial charge in [0.15, 0.2) is 0 Å².